The molecular formula is C16H25FN2O2. The van der Waals surface area contributed by atoms with E-state index in [1.165, 1.54) is 0 Å². The topological polar surface area (TPSA) is 64.3 Å². The summed E-state index contributed by atoms with van der Waals surface area (Å²) in [5.74, 6) is 0.201. The zero-order valence-electron chi connectivity index (χ0n) is 13.0. The molecule has 0 aromatic heterocycles. The molecule has 1 heterocycles. The summed E-state index contributed by atoms with van der Waals surface area (Å²) in [4.78, 5) is 9.60. The van der Waals surface area contributed by atoms with E-state index in [0.717, 1.165) is 31.5 Å². The molecule has 1 aliphatic heterocycles. The third-order valence-corrected chi connectivity index (χ3v) is 3.24. The van der Waals surface area contributed by atoms with Crippen LogP contribution in [0.2, 0.25) is 0 Å². The molecule has 0 bridgehead atoms. The van der Waals surface area contributed by atoms with Crippen molar-refractivity contribution in [2.24, 2.45) is 0 Å². The number of nitrogen functional groups attached to an aromatic ring is 1. The number of anilines is 1. The number of nitrogens with one attached hydrogen (secondary N) is 1. The second kappa shape index (κ2) is 7.98. The number of piperidine rings is 1. The molecule has 2 rings (SSSR count). The Hall–Kier alpha value is -1.62. The van der Waals surface area contributed by atoms with Gasteiger partial charge < -0.3 is 15.8 Å². The second-order valence-corrected chi connectivity index (χ2v) is 6.13. The van der Waals surface area contributed by atoms with E-state index >= 15 is 0 Å². The van der Waals surface area contributed by atoms with Gasteiger partial charge in [-0.3, -0.25) is 4.79 Å². The van der Waals surface area contributed by atoms with Gasteiger partial charge >= 0.3 is 0 Å². The maximum absolute atomic E-state index is 13.2. The first-order valence-corrected chi connectivity index (χ1v) is 7.20. The third-order valence-electron chi connectivity index (χ3n) is 3.24. The van der Waals surface area contributed by atoms with E-state index < -0.39 is 0 Å². The van der Waals surface area contributed by atoms with E-state index in [1.807, 2.05) is 26.8 Å². The van der Waals surface area contributed by atoms with Crippen LogP contribution < -0.4 is 11.1 Å². The number of benzene rings is 1. The van der Waals surface area contributed by atoms with Crippen molar-refractivity contribution in [2.45, 2.75) is 45.1 Å². The van der Waals surface area contributed by atoms with Gasteiger partial charge in [0.05, 0.1) is 5.69 Å². The number of ether oxygens (including phenoxy) is 1. The minimum atomic E-state index is -0.318. The van der Waals surface area contributed by atoms with E-state index in [-0.39, 0.29) is 17.1 Å². The van der Waals surface area contributed by atoms with Gasteiger partial charge in [-0.2, -0.15) is 0 Å². The number of hydrogen-bond acceptors (Lipinski definition) is 4. The first-order valence-electron chi connectivity index (χ1n) is 7.20. The molecule has 4 nitrogen and oxygen atoms in total. The summed E-state index contributed by atoms with van der Waals surface area (Å²) in [6.45, 7) is 7.97. The molecular weight excluding hydrogens is 271 g/mol. The number of carbonyl (C=O) groups excluding carboxylic acids is 1. The molecule has 0 radical (unpaired) electrons. The van der Waals surface area contributed by atoms with Gasteiger partial charge in [-0.25, -0.2) is 4.39 Å². The molecule has 0 atom stereocenters. The highest BCUT2D eigenvalue weighted by Crippen LogP contribution is 2.26. The Morgan fingerprint density at radius 3 is 2.38 bits per heavy atom. The van der Waals surface area contributed by atoms with Crippen LogP contribution >= 0.6 is 0 Å². The van der Waals surface area contributed by atoms with Gasteiger partial charge in [-0.1, -0.05) is 6.07 Å². The van der Waals surface area contributed by atoms with Gasteiger partial charge in [0, 0.05) is 0 Å². The molecule has 3 N–H and O–H groups in total. The fraction of sp³-hybridized carbons (Fsp3) is 0.562. The summed E-state index contributed by atoms with van der Waals surface area (Å²) in [7, 11) is 0. The van der Waals surface area contributed by atoms with Gasteiger partial charge in [-0.15, -0.1) is 0 Å². The van der Waals surface area contributed by atoms with E-state index in [9.17, 15) is 9.18 Å². The third kappa shape index (κ3) is 6.58. The Balaban J connectivity index is 0.000000270. The molecule has 5 heteroatoms. The second-order valence-electron chi connectivity index (χ2n) is 6.13. The van der Waals surface area contributed by atoms with E-state index in [1.54, 1.807) is 12.1 Å². The lowest BCUT2D eigenvalue weighted by atomic mass is 9.90. The molecule has 0 spiro atoms. The SMILES string of the molecule is CC(C)(C)OC=O.Nc1ccc(C2CCNCC2)cc1F. The minimum absolute atomic E-state index is 0.239. The molecule has 1 aromatic carbocycles. The maximum atomic E-state index is 13.2. The van der Waals surface area contributed by atoms with Crippen LogP contribution in [0.1, 0.15) is 45.1 Å². The number of nitrogens with two attached hydrogens (primary N) is 1. The lowest BCUT2D eigenvalue weighted by molar-refractivity contribution is -0.138. The predicted molar refractivity (Wildman–Crippen MR) is 82.6 cm³/mol. The summed E-state index contributed by atoms with van der Waals surface area (Å²) >= 11 is 0. The van der Waals surface area contributed by atoms with Gasteiger partial charge in [0.1, 0.15) is 11.4 Å². The fourth-order valence-electron chi connectivity index (χ4n) is 2.10. The highest BCUT2D eigenvalue weighted by molar-refractivity contribution is 5.42. The van der Waals surface area contributed by atoms with Gasteiger partial charge in [0.2, 0.25) is 0 Å². The van der Waals surface area contributed by atoms with Crippen LogP contribution in [-0.4, -0.2) is 25.2 Å². The lowest BCUT2D eigenvalue weighted by Crippen LogP contribution is -2.26. The number of carbonyl (C=O) groups is 1. The molecule has 0 amide bonds. The Morgan fingerprint density at radius 2 is 1.95 bits per heavy atom. The summed E-state index contributed by atoms with van der Waals surface area (Å²) in [5.41, 5.74) is 6.43. The van der Waals surface area contributed by atoms with Gasteiger partial charge in [0.15, 0.2) is 0 Å². The van der Waals surface area contributed by atoms with Crippen molar-refractivity contribution in [3.05, 3.63) is 29.6 Å². The molecule has 0 aliphatic carbocycles. The summed E-state index contributed by atoms with van der Waals surface area (Å²) < 4.78 is 17.7. The molecule has 1 aromatic rings. The van der Waals surface area contributed by atoms with Crippen LogP contribution in [-0.2, 0) is 9.53 Å². The van der Waals surface area contributed by atoms with Crippen molar-refractivity contribution in [1.29, 1.82) is 0 Å². The molecule has 21 heavy (non-hydrogen) atoms. The average Bonchev–Trinajstić information content (AvgIpc) is 2.42. The van der Waals surface area contributed by atoms with Crippen molar-refractivity contribution in [2.75, 3.05) is 18.8 Å². The first kappa shape index (κ1) is 17.4. The number of halogens is 1. The Kier molecular flexibility index (Phi) is 6.62. The summed E-state index contributed by atoms with van der Waals surface area (Å²) in [6, 6.07) is 5.17. The highest BCUT2D eigenvalue weighted by Gasteiger charge is 2.15. The van der Waals surface area contributed by atoms with Crippen molar-refractivity contribution in [3.63, 3.8) is 0 Å². The normalized spacial score (nSPS) is 15.8. The minimum Gasteiger partial charge on any atom is -0.462 e. The average molecular weight is 296 g/mol. The van der Waals surface area contributed by atoms with Gasteiger partial charge in [0.25, 0.3) is 6.47 Å². The largest absolute Gasteiger partial charge is 0.462 e. The first-order chi connectivity index (χ1) is 9.83. The molecule has 1 fully saturated rings. The highest BCUT2D eigenvalue weighted by atomic mass is 19.1. The quantitative estimate of drug-likeness (QED) is 0.650. The standard InChI is InChI=1S/C11H15FN2.C5H10O2/c12-10-7-9(1-2-11(10)13)8-3-5-14-6-4-8;1-5(2,3)7-4-6/h1-2,7-8,14H,3-6,13H2;4H,1-3H3. The van der Waals surface area contributed by atoms with Gasteiger partial charge in [-0.05, 0) is 70.3 Å². The van der Waals surface area contributed by atoms with Crippen LogP contribution in [0.15, 0.2) is 18.2 Å². The molecule has 118 valence electrons. The fourth-order valence-corrected chi connectivity index (χ4v) is 2.10. The number of hydrogen-bond donors (Lipinski definition) is 2. The maximum Gasteiger partial charge on any atom is 0.293 e. The summed E-state index contributed by atoms with van der Waals surface area (Å²) in [6.07, 6.45) is 2.17. The molecule has 0 unspecified atom stereocenters. The smallest absolute Gasteiger partial charge is 0.293 e. The van der Waals surface area contributed by atoms with Crippen molar-refractivity contribution in [3.8, 4) is 0 Å². The monoisotopic (exact) mass is 296 g/mol. The van der Waals surface area contributed by atoms with Crippen LogP contribution in [0, 0.1) is 5.82 Å². The Bertz CT molecular complexity index is 452. The van der Waals surface area contributed by atoms with Crippen molar-refractivity contribution >= 4 is 12.2 Å². The number of rotatable bonds is 2. The van der Waals surface area contributed by atoms with Crippen LogP contribution in [0.4, 0.5) is 10.1 Å². The van der Waals surface area contributed by atoms with E-state index in [2.05, 4.69) is 10.1 Å². The summed E-state index contributed by atoms with van der Waals surface area (Å²) in [5, 5.41) is 3.29. The Morgan fingerprint density at radius 1 is 1.33 bits per heavy atom. The molecule has 1 saturated heterocycles. The van der Waals surface area contributed by atoms with E-state index in [4.69, 9.17) is 5.73 Å². The van der Waals surface area contributed by atoms with E-state index in [0.29, 0.717) is 12.4 Å². The molecule has 1 aliphatic rings. The molecule has 0 saturated carbocycles. The van der Waals surface area contributed by atoms with Crippen molar-refractivity contribution < 1.29 is 13.9 Å². The predicted octanol–water partition coefficient (Wildman–Crippen LogP) is 2.83. The van der Waals surface area contributed by atoms with Crippen LogP contribution in [0.3, 0.4) is 0 Å². The van der Waals surface area contributed by atoms with Crippen LogP contribution in [0.25, 0.3) is 0 Å². The lowest BCUT2D eigenvalue weighted by Gasteiger charge is -2.23. The van der Waals surface area contributed by atoms with Crippen LogP contribution in [0.5, 0.6) is 0 Å². The van der Waals surface area contributed by atoms with Crippen molar-refractivity contribution in [1.82, 2.24) is 5.32 Å². The zero-order chi connectivity index (χ0) is 15.9. The Labute approximate surface area is 125 Å². The zero-order valence-corrected chi connectivity index (χ0v) is 13.0.